The summed E-state index contributed by atoms with van der Waals surface area (Å²) < 4.78 is 5.20. The second-order valence-corrected chi connectivity index (χ2v) is 4.71. The molecule has 1 saturated heterocycles. The molecular weight excluding hydrogens is 200 g/mol. The molecule has 0 radical (unpaired) electrons. The van der Waals surface area contributed by atoms with Crippen molar-refractivity contribution in [2.45, 2.75) is 19.8 Å². The largest absolute Gasteiger partial charge is 0.384 e. The van der Waals surface area contributed by atoms with Gasteiger partial charge in [-0.1, -0.05) is 13.5 Å². The van der Waals surface area contributed by atoms with Crippen LogP contribution < -0.4 is 5.32 Å². The molecule has 1 heterocycles. The molecule has 0 aliphatic carbocycles. The molecular formula is C13H26N2O. The second kappa shape index (κ2) is 7.82. The van der Waals surface area contributed by atoms with E-state index in [9.17, 15) is 0 Å². The average molecular weight is 226 g/mol. The predicted octanol–water partition coefficient (Wildman–Crippen LogP) is 1.51. The van der Waals surface area contributed by atoms with Gasteiger partial charge >= 0.3 is 0 Å². The minimum Gasteiger partial charge on any atom is -0.384 e. The first kappa shape index (κ1) is 13.7. The molecule has 0 atom stereocenters. The van der Waals surface area contributed by atoms with Crippen LogP contribution >= 0.6 is 0 Å². The van der Waals surface area contributed by atoms with E-state index < -0.39 is 0 Å². The third-order valence-electron chi connectivity index (χ3n) is 3.18. The molecule has 3 heteroatoms. The minimum atomic E-state index is 0.767. The zero-order valence-electron chi connectivity index (χ0n) is 10.8. The summed E-state index contributed by atoms with van der Waals surface area (Å²) in [5, 5.41) is 3.32. The van der Waals surface area contributed by atoms with Gasteiger partial charge in [0.25, 0.3) is 0 Å². The summed E-state index contributed by atoms with van der Waals surface area (Å²) in [6, 6.07) is 0. The summed E-state index contributed by atoms with van der Waals surface area (Å²) in [7, 11) is 1.80. The highest BCUT2D eigenvalue weighted by atomic mass is 16.5. The number of nitrogens with zero attached hydrogens (tertiary/aromatic N) is 1. The molecule has 0 amide bonds. The predicted molar refractivity (Wildman–Crippen MR) is 68.7 cm³/mol. The van der Waals surface area contributed by atoms with E-state index in [1.165, 1.54) is 31.5 Å². The average Bonchev–Trinajstić information content (AvgIpc) is 2.29. The van der Waals surface area contributed by atoms with E-state index >= 15 is 0 Å². The zero-order chi connectivity index (χ0) is 11.8. The van der Waals surface area contributed by atoms with Crippen LogP contribution in [0.25, 0.3) is 0 Å². The second-order valence-electron chi connectivity index (χ2n) is 4.71. The van der Waals surface area contributed by atoms with E-state index in [1.54, 1.807) is 7.11 Å². The van der Waals surface area contributed by atoms with Gasteiger partial charge in [0.15, 0.2) is 0 Å². The van der Waals surface area contributed by atoms with Crippen LogP contribution in [0.5, 0.6) is 0 Å². The van der Waals surface area contributed by atoms with Crippen molar-refractivity contribution < 1.29 is 4.74 Å². The Morgan fingerprint density at radius 3 is 2.69 bits per heavy atom. The van der Waals surface area contributed by atoms with Crippen molar-refractivity contribution in [3.63, 3.8) is 0 Å². The number of piperidine rings is 1. The van der Waals surface area contributed by atoms with Gasteiger partial charge in [0.05, 0.1) is 0 Å². The van der Waals surface area contributed by atoms with Gasteiger partial charge in [-0.3, -0.25) is 4.90 Å². The Bertz CT molecular complexity index is 198. The van der Waals surface area contributed by atoms with Crippen LogP contribution in [-0.4, -0.2) is 51.3 Å². The van der Waals surface area contributed by atoms with Crippen molar-refractivity contribution >= 4 is 0 Å². The molecule has 0 aromatic carbocycles. The Morgan fingerprint density at radius 2 is 2.12 bits per heavy atom. The molecule has 94 valence electrons. The molecule has 1 rings (SSSR count). The third kappa shape index (κ3) is 5.10. The van der Waals surface area contributed by atoms with Crippen molar-refractivity contribution in [3.05, 3.63) is 12.2 Å². The Labute approximate surface area is 99.8 Å². The van der Waals surface area contributed by atoms with Gasteiger partial charge in [-0.2, -0.15) is 0 Å². The first-order valence-electron chi connectivity index (χ1n) is 6.35. The smallest absolute Gasteiger partial charge is 0.0491 e. The fourth-order valence-electron chi connectivity index (χ4n) is 2.22. The monoisotopic (exact) mass is 226 g/mol. The van der Waals surface area contributed by atoms with Crippen LogP contribution in [-0.2, 0) is 4.74 Å². The van der Waals surface area contributed by atoms with Gasteiger partial charge in [0.2, 0.25) is 0 Å². The summed E-state index contributed by atoms with van der Waals surface area (Å²) in [6.45, 7) is 12.6. The summed E-state index contributed by atoms with van der Waals surface area (Å²) in [4.78, 5) is 2.51. The summed E-state index contributed by atoms with van der Waals surface area (Å²) >= 11 is 0. The lowest BCUT2D eigenvalue weighted by Crippen LogP contribution is -2.37. The molecule has 0 aromatic rings. The van der Waals surface area contributed by atoms with Crippen molar-refractivity contribution in [3.8, 4) is 0 Å². The quantitative estimate of drug-likeness (QED) is 0.666. The van der Waals surface area contributed by atoms with Crippen LogP contribution in [0.2, 0.25) is 0 Å². The van der Waals surface area contributed by atoms with Crippen LogP contribution in [0.4, 0.5) is 0 Å². The molecule has 0 saturated carbocycles. The number of hydrogen-bond acceptors (Lipinski definition) is 3. The minimum absolute atomic E-state index is 0.767. The number of methoxy groups -OCH3 is 1. The van der Waals surface area contributed by atoms with Gasteiger partial charge < -0.3 is 10.1 Å². The summed E-state index contributed by atoms with van der Waals surface area (Å²) in [5.41, 5.74) is 1.30. The summed E-state index contributed by atoms with van der Waals surface area (Å²) in [6.07, 6.45) is 2.53. The SMILES string of the molecule is C=C(CNCC)CN1CCC(COC)CC1. The molecule has 0 aromatic heterocycles. The first-order chi connectivity index (χ1) is 7.76. The van der Waals surface area contributed by atoms with Gasteiger partial charge in [-0.05, 0) is 44.0 Å². The molecule has 0 bridgehead atoms. The number of likely N-dealkylation sites (N-methyl/N-ethyl adjacent to an activating group) is 1. The maximum atomic E-state index is 5.20. The number of nitrogens with one attached hydrogen (secondary N) is 1. The molecule has 16 heavy (non-hydrogen) atoms. The molecule has 0 unspecified atom stereocenters. The van der Waals surface area contributed by atoms with E-state index in [4.69, 9.17) is 4.74 Å². The number of hydrogen-bond donors (Lipinski definition) is 1. The van der Waals surface area contributed by atoms with Crippen molar-refractivity contribution in [1.82, 2.24) is 10.2 Å². The topological polar surface area (TPSA) is 24.5 Å². The van der Waals surface area contributed by atoms with E-state index in [0.29, 0.717) is 0 Å². The zero-order valence-corrected chi connectivity index (χ0v) is 10.8. The van der Waals surface area contributed by atoms with Gasteiger partial charge in [-0.25, -0.2) is 0 Å². The lowest BCUT2D eigenvalue weighted by atomic mass is 9.97. The first-order valence-corrected chi connectivity index (χ1v) is 6.35. The summed E-state index contributed by atoms with van der Waals surface area (Å²) in [5.74, 6) is 0.767. The van der Waals surface area contributed by atoms with E-state index in [1.807, 2.05) is 0 Å². The Balaban J connectivity index is 2.14. The molecule has 1 aliphatic heterocycles. The fourth-order valence-corrected chi connectivity index (χ4v) is 2.22. The standard InChI is InChI=1S/C13H26N2O/c1-4-14-9-12(2)10-15-7-5-13(6-8-15)11-16-3/h13-14H,2,4-11H2,1,3H3. The molecule has 1 fully saturated rings. The fraction of sp³-hybridized carbons (Fsp3) is 0.846. The number of ether oxygens (including phenoxy) is 1. The molecule has 1 N–H and O–H groups in total. The Hall–Kier alpha value is -0.380. The normalized spacial score (nSPS) is 18.9. The van der Waals surface area contributed by atoms with E-state index in [2.05, 4.69) is 23.7 Å². The van der Waals surface area contributed by atoms with Crippen LogP contribution in [0.3, 0.4) is 0 Å². The number of rotatable bonds is 7. The van der Waals surface area contributed by atoms with Crippen LogP contribution in [0, 0.1) is 5.92 Å². The van der Waals surface area contributed by atoms with E-state index in [-0.39, 0.29) is 0 Å². The highest BCUT2D eigenvalue weighted by Crippen LogP contribution is 2.17. The lowest BCUT2D eigenvalue weighted by molar-refractivity contribution is 0.103. The maximum Gasteiger partial charge on any atom is 0.0491 e. The van der Waals surface area contributed by atoms with E-state index in [0.717, 1.165) is 32.2 Å². The van der Waals surface area contributed by atoms with Gasteiger partial charge in [-0.15, -0.1) is 0 Å². The Morgan fingerprint density at radius 1 is 1.44 bits per heavy atom. The molecule has 0 spiro atoms. The van der Waals surface area contributed by atoms with Crippen molar-refractivity contribution in [2.24, 2.45) is 5.92 Å². The molecule has 3 nitrogen and oxygen atoms in total. The molecule has 1 aliphatic rings. The van der Waals surface area contributed by atoms with Crippen molar-refractivity contribution in [1.29, 1.82) is 0 Å². The van der Waals surface area contributed by atoms with Crippen LogP contribution in [0.15, 0.2) is 12.2 Å². The lowest BCUT2D eigenvalue weighted by Gasteiger charge is -2.32. The number of likely N-dealkylation sites (tertiary alicyclic amines) is 1. The maximum absolute atomic E-state index is 5.20. The third-order valence-corrected chi connectivity index (χ3v) is 3.18. The van der Waals surface area contributed by atoms with Gasteiger partial charge in [0.1, 0.15) is 0 Å². The highest BCUT2D eigenvalue weighted by molar-refractivity contribution is 5.00. The van der Waals surface area contributed by atoms with Crippen molar-refractivity contribution in [2.75, 3.05) is 46.4 Å². The highest BCUT2D eigenvalue weighted by Gasteiger charge is 2.18. The van der Waals surface area contributed by atoms with Crippen LogP contribution in [0.1, 0.15) is 19.8 Å². The Kier molecular flexibility index (Phi) is 6.69. The van der Waals surface area contributed by atoms with Gasteiger partial charge in [0, 0.05) is 26.8 Å².